The van der Waals surface area contributed by atoms with E-state index < -0.39 is 30.2 Å². The number of para-hydroxylation sites is 1. The predicted molar refractivity (Wildman–Crippen MR) is 164 cm³/mol. The summed E-state index contributed by atoms with van der Waals surface area (Å²) in [5.74, 6) is -0.360. The molecule has 10 heteroatoms. The second-order valence-electron chi connectivity index (χ2n) is 11.7. The summed E-state index contributed by atoms with van der Waals surface area (Å²) in [5, 5.41) is 17.1. The van der Waals surface area contributed by atoms with Crippen LogP contribution in [-0.4, -0.2) is 84.0 Å². The highest BCUT2D eigenvalue weighted by molar-refractivity contribution is 5.98. The lowest BCUT2D eigenvalue weighted by atomic mass is 9.91. The van der Waals surface area contributed by atoms with E-state index in [0.717, 1.165) is 66.6 Å². The van der Waals surface area contributed by atoms with Crippen molar-refractivity contribution < 1.29 is 23.8 Å². The fourth-order valence-corrected chi connectivity index (χ4v) is 6.04. The van der Waals surface area contributed by atoms with Gasteiger partial charge < -0.3 is 25.4 Å². The van der Waals surface area contributed by atoms with Crippen molar-refractivity contribution in [3.8, 4) is 0 Å². The van der Waals surface area contributed by atoms with Gasteiger partial charge in [0, 0.05) is 44.0 Å². The van der Waals surface area contributed by atoms with Crippen LogP contribution >= 0.6 is 0 Å². The van der Waals surface area contributed by atoms with Crippen molar-refractivity contribution in [1.29, 1.82) is 0 Å². The lowest BCUT2D eigenvalue weighted by Gasteiger charge is -2.27. The van der Waals surface area contributed by atoms with E-state index >= 15 is 0 Å². The largest absolute Gasteiger partial charge is 0.480 e. The predicted octanol–water partition coefficient (Wildman–Crippen LogP) is 4.29. The van der Waals surface area contributed by atoms with E-state index in [1.807, 2.05) is 35.2 Å². The molecule has 1 amide bonds. The molecule has 0 radical (unpaired) electrons. The third-order valence-electron chi connectivity index (χ3n) is 8.76. The van der Waals surface area contributed by atoms with Gasteiger partial charge in [0.2, 0.25) is 5.91 Å². The first-order valence-corrected chi connectivity index (χ1v) is 15.4. The number of amides is 1. The number of alkyl halides is 1. The Labute approximate surface area is 252 Å². The summed E-state index contributed by atoms with van der Waals surface area (Å²) in [6, 6.07) is 12.7. The second-order valence-corrected chi connectivity index (χ2v) is 11.7. The highest BCUT2D eigenvalue weighted by atomic mass is 19.1. The molecule has 1 aliphatic heterocycles. The highest BCUT2D eigenvalue weighted by Gasteiger charge is 2.52. The van der Waals surface area contributed by atoms with Crippen LogP contribution in [0.15, 0.2) is 48.7 Å². The van der Waals surface area contributed by atoms with Crippen LogP contribution in [0.25, 0.3) is 10.9 Å². The first-order valence-electron chi connectivity index (χ1n) is 15.4. The van der Waals surface area contributed by atoms with Crippen molar-refractivity contribution in [1.82, 2.24) is 20.2 Å². The van der Waals surface area contributed by atoms with E-state index in [1.54, 1.807) is 6.20 Å². The third-order valence-corrected chi connectivity index (χ3v) is 8.76. The molecule has 9 nitrogen and oxygen atoms in total. The Morgan fingerprint density at radius 1 is 1.16 bits per heavy atom. The van der Waals surface area contributed by atoms with E-state index in [2.05, 4.69) is 27.8 Å². The maximum Gasteiger partial charge on any atom is 0.326 e. The zero-order chi connectivity index (χ0) is 30.2. The quantitative estimate of drug-likeness (QED) is 0.211. The first-order chi connectivity index (χ1) is 20.9. The number of nitrogens with one attached hydrogen (secondary N) is 2. The summed E-state index contributed by atoms with van der Waals surface area (Å²) >= 11 is 0. The number of fused-ring (bicyclic) bond motifs is 2. The Morgan fingerprint density at radius 3 is 2.77 bits per heavy atom. The van der Waals surface area contributed by atoms with Crippen molar-refractivity contribution >= 4 is 28.6 Å². The van der Waals surface area contributed by atoms with Crippen LogP contribution < -0.4 is 10.6 Å². The summed E-state index contributed by atoms with van der Waals surface area (Å²) in [7, 11) is 1.48. The van der Waals surface area contributed by atoms with Gasteiger partial charge in [-0.05, 0) is 87.2 Å². The Hall–Kier alpha value is -3.63. The van der Waals surface area contributed by atoms with Crippen LogP contribution in [-0.2, 0) is 32.6 Å². The average molecular weight is 592 g/mol. The number of aromatic nitrogens is 2. The van der Waals surface area contributed by atoms with Crippen LogP contribution in [0.3, 0.4) is 0 Å². The molecular weight excluding hydrogens is 549 g/mol. The average Bonchev–Trinajstić information content (AvgIpc) is 3.85. The van der Waals surface area contributed by atoms with Crippen molar-refractivity contribution in [2.75, 3.05) is 45.3 Å². The van der Waals surface area contributed by atoms with Crippen LogP contribution in [0.5, 0.6) is 0 Å². The molecule has 1 saturated carbocycles. The summed E-state index contributed by atoms with van der Waals surface area (Å²) in [5.41, 5.74) is 3.26. The molecule has 1 aliphatic carbocycles. The molecule has 0 bridgehead atoms. The number of halogens is 1. The van der Waals surface area contributed by atoms with Crippen molar-refractivity contribution in [2.24, 2.45) is 0 Å². The fraction of sp³-hybridized carbons (Fsp3) is 0.515. The summed E-state index contributed by atoms with van der Waals surface area (Å²) < 4.78 is 18.8. The molecule has 2 aliphatic rings. The number of aliphatic carboxylic acids is 1. The van der Waals surface area contributed by atoms with E-state index in [0.29, 0.717) is 32.5 Å². The molecule has 1 fully saturated rings. The smallest absolute Gasteiger partial charge is 0.326 e. The Balaban J connectivity index is 1.18. The van der Waals surface area contributed by atoms with Crippen molar-refractivity contribution in [3.63, 3.8) is 0 Å². The number of carboxylic acid groups (broad SMARTS) is 1. The fourth-order valence-electron chi connectivity index (χ4n) is 6.04. The van der Waals surface area contributed by atoms with E-state index in [4.69, 9.17) is 9.72 Å². The van der Waals surface area contributed by atoms with Gasteiger partial charge in [-0.1, -0.05) is 24.3 Å². The summed E-state index contributed by atoms with van der Waals surface area (Å²) in [6.07, 6.45) is 7.38. The minimum atomic E-state index is -1.08. The number of unbranched alkanes of at least 4 members (excludes halogenated alkanes) is 1. The number of rotatable bonds is 16. The summed E-state index contributed by atoms with van der Waals surface area (Å²) in [4.78, 5) is 37.0. The Kier molecular flexibility index (Phi) is 10.2. The molecule has 5 rings (SSSR count). The highest BCUT2D eigenvalue weighted by Crippen LogP contribution is 2.50. The molecule has 230 valence electrons. The molecule has 2 aromatic heterocycles. The van der Waals surface area contributed by atoms with Gasteiger partial charge in [0.05, 0.1) is 17.0 Å². The minimum absolute atomic E-state index is 0.203. The number of benzene rings is 1. The van der Waals surface area contributed by atoms with Crippen LogP contribution in [0.4, 0.5) is 10.2 Å². The van der Waals surface area contributed by atoms with Crippen molar-refractivity contribution in [3.05, 3.63) is 65.5 Å². The molecule has 0 spiro atoms. The number of carboxylic acids is 1. The monoisotopic (exact) mass is 591 g/mol. The first kappa shape index (κ1) is 30.8. The van der Waals surface area contributed by atoms with Crippen LogP contribution in [0, 0.1) is 0 Å². The number of hydrogen-bond acceptors (Lipinski definition) is 7. The zero-order valence-electron chi connectivity index (χ0n) is 24.9. The van der Waals surface area contributed by atoms with Crippen LogP contribution in [0.1, 0.15) is 55.3 Å². The van der Waals surface area contributed by atoms with E-state index in [-0.39, 0.29) is 12.3 Å². The van der Waals surface area contributed by atoms with E-state index in [9.17, 15) is 19.1 Å². The molecule has 2 atom stereocenters. The molecule has 1 aromatic carbocycles. The Bertz CT molecular complexity index is 1410. The normalized spacial score (nSPS) is 16.7. The molecule has 3 aromatic rings. The molecule has 3 N–H and O–H groups in total. The number of nitrogens with zero attached hydrogens (tertiary/aromatic N) is 3. The maximum atomic E-state index is 13.6. The molecular formula is C33H42FN5O4. The molecule has 0 unspecified atom stereocenters. The van der Waals surface area contributed by atoms with Gasteiger partial charge in [-0.2, -0.15) is 0 Å². The number of carbonyl (C=O) groups excluding carboxylic acids is 1. The molecule has 0 saturated heterocycles. The van der Waals surface area contributed by atoms with Gasteiger partial charge >= 0.3 is 5.97 Å². The van der Waals surface area contributed by atoms with Gasteiger partial charge in [-0.3, -0.25) is 9.78 Å². The lowest BCUT2D eigenvalue weighted by Crippen LogP contribution is -2.47. The number of hydrogen-bond donors (Lipinski definition) is 3. The number of carbonyl (C=O) groups is 2. The standard InChI is InChI=1S/C33H42FN5O4/c1-43-25(21-34)22-39(19-5-4-8-24-12-11-23-7-6-17-36-30(23)37-24)20-14-29(31(40)41)38-32(42)33(15-16-33)27-13-18-35-28-10-3-2-9-26(27)28/h2-3,9-13,18,25,29H,4-8,14-17,19-22H2,1H3,(H,36,37)(H,38,42)(H,40,41)/t25-,29+/m1/s1. The van der Waals surface area contributed by atoms with Crippen LogP contribution in [0.2, 0.25) is 0 Å². The SMILES string of the molecule is CO[C@H](CF)CN(CCCCc1ccc2c(n1)NCCC2)CC[C@H](NC(=O)C1(c2ccnc3ccccc23)CC1)C(=O)O. The third kappa shape index (κ3) is 7.48. The van der Waals surface area contributed by atoms with Crippen molar-refractivity contribution in [2.45, 2.75) is 68.9 Å². The number of anilines is 1. The maximum absolute atomic E-state index is 13.6. The number of methoxy groups -OCH3 is 1. The van der Waals surface area contributed by atoms with E-state index in [1.165, 1.54) is 12.7 Å². The topological polar surface area (TPSA) is 117 Å². The lowest BCUT2D eigenvalue weighted by molar-refractivity contribution is -0.142. The van der Waals surface area contributed by atoms with Gasteiger partial charge in [0.25, 0.3) is 0 Å². The van der Waals surface area contributed by atoms with Gasteiger partial charge in [0.15, 0.2) is 0 Å². The van der Waals surface area contributed by atoms with Gasteiger partial charge in [0.1, 0.15) is 18.5 Å². The van der Waals surface area contributed by atoms with Gasteiger partial charge in [-0.15, -0.1) is 0 Å². The van der Waals surface area contributed by atoms with Gasteiger partial charge in [-0.25, -0.2) is 14.2 Å². The summed E-state index contributed by atoms with van der Waals surface area (Å²) in [6.45, 7) is 1.73. The zero-order valence-corrected chi connectivity index (χ0v) is 24.9. The minimum Gasteiger partial charge on any atom is -0.480 e. The second kappa shape index (κ2) is 14.2. The Morgan fingerprint density at radius 2 is 2.00 bits per heavy atom. The molecule has 3 heterocycles. The number of pyridine rings is 2. The number of ether oxygens (including phenoxy) is 1. The number of aryl methyl sites for hydroxylation is 2. The molecule has 43 heavy (non-hydrogen) atoms.